The minimum atomic E-state index is -0.320. The molecule has 5 nitrogen and oxygen atoms in total. The summed E-state index contributed by atoms with van der Waals surface area (Å²) in [4.78, 5) is 24.4. The molecular weight excluding hydrogens is 348 g/mol. The van der Waals surface area contributed by atoms with Crippen LogP contribution in [-0.4, -0.2) is 42.4 Å². The predicted octanol–water partition coefficient (Wildman–Crippen LogP) is 3.66. The van der Waals surface area contributed by atoms with Gasteiger partial charge >= 0.3 is 0 Å². The Labute approximate surface area is 157 Å². The Balaban J connectivity index is 1.70. The number of hydrogen-bond donors (Lipinski definition) is 0. The minimum Gasteiger partial charge on any atom is -0.349 e. The van der Waals surface area contributed by atoms with Crippen LogP contribution in [0, 0.1) is 0 Å². The van der Waals surface area contributed by atoms with E-state index in [0.29, 0.717) is 11.1 Å². The van der Waals surface area contributed by atoms with Gasteiger partial charge in [0.15, 0.2) is 12.2 Å². The van der Waals surface area contributed by atoms with Crippen LogP contribution in [0.25, 0.3) is 0 Å². The van der Waals surface area contributed by atoms with Crippen LogP contribution in [0.15, 0.2) is 53.5 Å². The first-order chi connectivity index (χ1) is 12.6. The maximum absolute atomic E-state index is 13.7. The third-order valence-electron chi connectivity index (χ3n) is 5.37. The van der Waals surface area contributed by atoms with Gasteiger partial charge in [0.1, 0.15) is 0 Å². The zero-order valence-corrected chi connectivity index (χ0v) is 15.2. The molecule has 1 aliphatic carbocycles. The van der Waals surface area contributed by atoms with E-state index in [-0.39, 0.29) is 18.1 Å². The first kappa shape index (κ1) is 15.7. The Morgan fingerprint density at radius 1 is 1.08 bits per heavy atom. The average Bonchev–Trinajstić information content (AvgIpc) is 3.41. The molecule has 1 saturated carbocycles. The predicted molar refractivity (Wildman–Crippen MR) is 104 cm³/mol. The Hall–Kier alpha value is -2.53. The van der Waals surface area contributed by atoms with Gasteiger partial charge < -0.3 is 9.80 Å². The quantitative estimate of drug-likeness (QED) is 0.814. The molecule has 2 aliphatic heterocycles. The molecule has 6 heteroatoms. The van der Waals surface area contributed by atoms with Crippen LogP contribution in [0.1, 0.15) is 12.8 Å². The molecule has 0 N–H and O–H groups in total. The Bertz CT molecular complexity index is 896. The van der Waals surface area contributed by atoms with Crippen molar-refractivity contribution in [1.82, 2.24) is 4.90 Å². The number of likely N-dealkylation sites (N-methyl/N-ethyl adjacent to an activating group) is 1. The van der Waals surface area contributed by atoms with Gasteiger partial charge in [-0.05, 0) is 43.2 Å². The molecule has 0 aromatic heterocycles. The second-order valence-electron chi connectivity index (χ2n) is 7.05. The number of fused-ring (bicyclic) bond motifs is 2. The van der Waals surface area contributed by atoms with Gasteiger partial charge in [-0.2, -0.15) is 0 Å². The van der Waals surface area contributed by atoms with Crippen molar-refractivity contribution in [2.45, 2.75) is 31.1 Å². The van der Waals surface area contributed by atoms with Gasteiger partial charge in [0.25, 0.3) is 5.91 Å². The van der Waals surface area contributed by atoms with Crippen LogP contribution in [-0.2, 0) is 4.79 Å². The maximum Gasteiger partial charge on any atom is 0.258 e. The van der Waals surface area contributed by atoms with Crippen molar-refractivity contribution < 1.29 is 4.79 Å². The Morgan fingerprint density at radius 3 is 2.58 bits per heavy atom. The second-order valence-corrected chi connectivity index (χ2v) is 7.49. The fourth-order valence-electron chi connectivity index (χ4n) is 3.92. The van der Waals surface area contributed by atoms with Gasteiger partial charge in [0.05, 0.1) is 17.7 Å². The first-order valence-electron chi connectivity index (χ1n) is 8.87. The number of para-hydroxylation sites is 1. The molecule has 1 amide bonds. The average molecular weight is 367 g/mol. The number of carbonyl (C=O) groups is 1. The largest absolute Gasteiger partial charge is 0.349 e. The van der Waals surface area contributed by atoms with Crippen LogP contribution < -0.4 is 9.80 Å². The number of nitrogens with zero attached hydrogens (tertiary/aromatic N) is 4. The van der Waals surface area contributed by atoms with Crippen molar-refractivity contribution in [3.63, 3.8) is 0 Å². The minimum absolute atomic E-state index is 0.0402. The lowest BCUT2D eigenvalue weighted by Gasteiger charge is -2.31. The zero-order valence-electron chi connectivity index (χ0n) is 14.4. The third kappa shape index (κ3) is 2.31. The van der Waals surface area contributed by atoms with E-state index < -0.39 is 0 Å². The van der Waals surface area contributed by atoms with E-state index in [1.165, 1.54) is 0 Å². The number of aliphatic imine (C=N–C) groups is 1. The number of benzene rings is 2. The molecule has 1 fully saturated rings. The molecule has 0 spiro atoms. The molecule has 2 aromatic rings. The molecule has 2 aromatic carbocycles. The molecule has 2 unspecified atom stereocenters. The van der Waals surface area contributed by atoms with E-state index in [0.717, 1.165) is 29.9 Å². The summed E-state index contributed by atoms with van der Waals surface area (Å²) in [6.45, 7) is 0. The van der Waals surface area contributed by atoms with E-state index in [1.807, 2.05) is 61.9 Å². The summed E-state index contributed by atoms with van der Waals surface area (Å²) in [5.74, 6) is 0.0402. The van der Waals surface area contributed by atoms with Gasteiger partial charge in [0, 0.05) is 23.8 Å². The van der Waals surface area contributed by atoms with Crippen molar-refractivity contribution in [2.75, 3.05) is 16.8 Å². The van der Waals surface area contributed by atoms with Gasteiger partial charge in [-0.1, -0.05) is 29.8 Å². The van der Waals surface area contributed by atoms with Gasteiger partial charge in [-0.25, -0.2) is 4.99 Å². The lowest BCUT2D eigenvalue weighted by atomic mass is 10.1. The number of halogens is 1. The summed E-state index contributed by atoms with van der Waals surface area (Å²) in [5, 5.41) is 0.612. The number of rotatable bonds is 2. The first-order valence-corrected chi connectivity index (χ1v) is 9.25. The Morgan fingerprint density at radius 2 is 1.85 bits per heavy atom. The van der Waals surface area contributed by atoms with E-state index in [2.05, 4.69) is 14.8 Å². The van der Waals surface area contributed by atoms with Crippen molar-refractivity contribution in [2.24, 2.45) is 4.99 Å². The standard InChI is InChI=1S/C20H19ClN4O/c1-23-16-10-7-13(21)11-17(16)25(15-5-3-2-4-6-15)20(26)18-19(23)22-12-24(18)14-8-9-14/h2-7,10-12,14,18-19H,8-9H2,1H3. The highest BCUT2D eigenvalue weighted by molar-refractivity contribution is 6.31. The molecular formula is C20H19ClN4O. The third-order valence-corrected chi connectivity index (χ3v) is 5.60. The highest BCUT2D eigenvalue weighted by Gasteiger charge is 2.49. The van der Waals surface area contributed by atoms with Crippen LogP contribution in [0.2, 0.25) is 5.02 Å². The number of amides is 1. The maximum atomic E-state index is 13.7. The topological polar surface area (TPSA) is 39.1 Å². The summed E-state index contributed by atoms with van der Waals surface area (Å²) < 4.78 is 0. The fraction of sp³-hybridized carbons (Fsp3) is 0.300. The molecule has 132 valence electrons. The van der Waals surface area contributed by atoms with Crippen molar-refractivity contribution in [1.29, 1.82) is 0 Å². The summed E-state index contributed by atoms with van der Waals surface area (Å²) in [7, 11) is 2.00. The second kappa shape index (κ2) is 5.74. The van der Waals surface area contributed by atoms with Crippen LogP contribution in [0.3, 0.4) is 0 Å². The van der Waals surface area contributed by atoms with Gasteiger partial charge in [-0.15, -0.1) is 0 Å². The van der Waals surface area contributed by atoms with Crippen LogP contribution in [0.4, 0.5) is 17.1 Å². The highest BCUT2D eigenvalue weighted by atomic mass is 35.5. The van der Waals surface area contributed by atoms with Crippen molar-refractivity contribution >= 4 is 40.9 Å². The molecule has 0 radical (unpaired) electrons. The number of carbonyl (C=O) groups excluding carboxylic acids is 1. The van der Waals surface area contributed by atoms with E-state index in [9.17, 15) is 4.79 Å². The van der Waals surface area contributed by atoms with E-state index in [1.54, 1.807) is 4.90 Å². The number of hydrogen-bond acceptors (Lipinski definition) is 4. The van der Waals surface area contributed by atoms with Gasteiger partial charge in [-0.3, -0.25) is 9.69 Å². The van der Waals surface area contributed by atoms with Crippen molar-refractivity contribution in [3.8, 4) is 0 Å². The molecule has 26 heavy (non-hydrogen) atoms. The van der Waals surface area contributed by atoms with Crippen molar-refractivity contribution in [3.05, 3.63) is 53.6 Å². The van der Waals surface area contributed by atoms with Crippen LogP contribution >= 0.6 is 11.6 Å². The van der Waals surface area contributed by atoms with Crippen LogP contribution in [0.5, 0.6) is 0 Å². The lowest BCUT2D eigenvalue weighted by molar-refractivity contribution is -0.121. The number of anilines is 3. The fourth-order valence-corrected chi connectivity index (χ4v) is 4.09. The summed E-state index contributed by atoms with van der Waals surface area (Å²) in [5.41, 5.74) is 2.60. The highest BCUT2D eigenvalue weighted by Crippen LogP contribution is 2.43. The molecule has 3 aliphatic rings. The zero-order chi connectivity index (χ0) is 17.8. The molecule has 0 saturated heterocycles. The van der Waals surface area contributed by atoms with E-state index >= 15 is 0 Å². The summed E-state index contributed by atoms with van der Waals surface area (Å²) in [6, 6.07) is 15.6. The molecule has 0 bridgehead atoms. The summed E-state index contributed by atoms with van der Waals surface area (Å²) in [6.07, 6.45) is 3.88. The molecule has 5 rings (SSSR count). The van der Waals surface area contributed by atoms with Gasteiger partial charge in [0.2, 0.25) is 0 Å². The summed E-state index contributed by atoms with van der Waals surface area (Å²) >= 11 is 6.29. The van der Waals surface area contributed by atoms with E-state index in [4.69, 9.17) is 11.6 Å². The smallest absolute Gasteiger partial charge is 0.258 e. The molecule has 2 heterocycles. The monoisotopic (exact) mass is 366 g/mol. The Kier molecular flexibility index (Phi) is 3.47. The normalized spacial score (nSPS) is 24.5. The lowest BCUT2D eigenvalue weighted by Crippen LogP contribution is -2.52. The molecule has 2 atom stereocenters. The SMILES string of the molecule is CN1c2ccc(Cl)cc2N(c2ccccc2)C(=O)C2C1N=CN2C1CC1.